The smallest absolute Gasteiger partial charge is 0.328 e. The lowest BCUT2D eigenvalue weighted by Crippen LogP contribution is -2.30. The molecule has 4 heteroatoms. The van der Waals surface area contributed by atoms with Gasteiger partial charge in [0.05, 0.1) is 6.61 Å². The highest BCUT2D eigenvalue weighted by atomic mass is 16.5. The maximum atomic E-state index is 10.6. The fourth-order valence-corrected chi connectivity index (χ4v) is 2.19. The van der Waals surface area contributed by atoms with Gasteiger partial charge >= 0.3 is 5.97 Å². The summed E-state index contributed by atoms with van der Waals surface area (Å²) in [6.45, 7) is 7.86. The summed E-state index contributed by atoms with van der Waals surface area (Å²) in [7, 11) is 1.71. The number of benzene rings is 1. The topological polar surface area (TPSA) is 49.8 Å². The molecule has 0 amide bonds. The van der Waals surface area contributed by atoms with Crippen molar-refractivity contribution < 1.29 is 14.6 Å². The number of hydrogen-bond donors (Lipinski definition) is 1. The van der Waals surface area contributed by atoms with Crippen molar-refractivity contribution in [2.24, 2.45) is 5.92 Å². The number of carboxylic acid groups (broad SMARTS) is 1. The highest BCUT2D eigenvalue weighted by Gasteiger charge is 2.08. The van der Waals surface area contributed by atoms with E-state index in [1.165, 1.54) is 5.56 Å². The molecule has 1 rings (SSSR count). The number of rotatable bonds is 9. The van der Waals surface area contributed by atoms with Crippen LogP contribution in [0.5, 0.6) is 0 Å². The van der Waals surface area contributed by atoms with Gasteiger partial charge in [-0.25, -0.2) is 4.79 Å². The summed E-state index contributed by atoms with van der Waals surface area (Å²) in [5.41, 5.74) is 2.09. The first kappa shape index (κ1) is 17.4. The van der Waals surface area contributed by atoms with E-state index in [2.05, 4.69) is 24.8 Å². The average Bonchev–Trinajstić information content (AvgIpc) is 2.42. The van der Waals surface area contributed by atoms with Crippen molar-refractivity contribution >= 4 is 12.0 Å². The number of nitrogens with zero attached hydrogens (tertiary/aromatic N) is 1. The second-order valence-electron chi connectivity index (χ2n) is 5.54. The summed E-state index contributed by atoms with van der Waals surface area (Å²) in [6.07, 6.45) is 2.78. The molecule has 0 fully saturated rings. The first-order valence-electron chi connectivity index (χ1n) is 7.22. The lowest BCUT2D eigenvalue weighted by molar-refractivity contribution is -0.131. The SMILES string of the molecule is COCCN(Cc1cccc(C=CC(=O)O)c1)CC(C)C. The Kier molecular flexibility index (Phi) is 7.72. The molecule has 0 aliphatic rings. The molecule has 1 aromatic rings. The summed E-state index contributed by atoms with van der Waals surface area (Å²) in [5.74, 6) is -0.334. The standard InChI is InChI=1S/C17H25NO3/c1-14(2)12-18(9-10-21-3)13-16-6-4-5-15(11-16)7-8-17(19)20/h4-8,11,14H,9-10,12-13H2,1-3H3,(H,19,20). The van der Waals surface area contributed by atoms with E-state index in [0.29, 0.717) is 12.5 Å². The predicted octanol–water partition coefficient (Wildman–Crippen LogP) is 2.89. The van der Waals surface area contributed by atoms with Gasteiger partial charge in [-0.3, -0.25) is 4.90 Å². The molecule has 0 aliphatic heterocycles. The van der Waals surface area contributed by atoms with Crippen molar-refractivity contribution in [1.82, 2.24) is 4.90 Å². The minimum Gasteiger partial charge on any atom is -0.478 e. The van der Waals surface area contributed by atoms with Crippen LogP contribution < -0.4 is 0 Å². The third-order valence-electron chi connectivity index (χ3n) is 3.01. The molecule has 4 nitrogen and oxygen atoms in total. The molecule has 0 saturated carbocycles. The van der Waals surface area contributed by atoms with E-state index in [-0.39, 0.29) is 0 Å². The van der Waals surface area contributed by atoms with Gasteiger partial charge in [-0.2, -0.15) is 0 Å². The molecule has 0 radical (unpaired) electrons. The van der Waals surface area contributed by atoms with Gasteiger partial charge in [-0.15, -0.1) is 0 Å². The van der Waals surface area contributed by atoms with Gasteiger partial charge in [0.2, 0.25) is 0 Å². The summed E-state index contributed by atoms with van der Waals surface area (Å²) in [4.78, 5) is 12.9. The zero-order chi connectivity index (χ0) is 15.7. The summed E-state index contributed by atoms with van der Waals surface area (Å²) >= 11 is 0. The maximum absolute atomic E-state index is 10.6. The quantitative estimate of drug-likeness (QED) is 0.711. The van der Waals surface area contributed by atoms with Gasteiger partial charge in [0.15, 0.2) is 0 Å². The summed E-state index contributed by atoms with van der Waals surface area (Å²) in [5, 5.41) is 8.68. The van der Waals surface area contributed by atoms with Gasteiger partial charge in [0.25, 0.3) is 0 Å². The van der Waals surface area contributed by atoms with Crippen LogP contribution in [0.15, 0.2) is 30.3 Å². The summed E-state index contributed by atoms with van der Waals surface area (Å²) in [6, 6.07) is 7.96. The molecule has 1 aromatic carbocycles. The van der Waals surface area contributed by atoms with Crippen LogP contribution in [0.1, 0.15) is 25.0 Å². The molecule has 0 atom stereocenters. The van der Waals surface area contributed by atoms with Crippen LogP contribution in [0.25, 0.3) is 6.08 Å². The Morgan fingerprint density at radius 2 is 2.19 bits per heavy atom. The fourth-order valence-electron chi connectivity index (χ4n) is 2.19. The molecule has 0 heterocycles. The van der Waals surface area contributed by atoms with Crippen molar-refractivity contribution in [2.45, 2.75) is 20.4 Å². The number of ether oxygens (including phenoxy) is 1. The first-order chi connectivity index (χ1) is 10.0. The second-order valence-corrected chi connectivity index (χ2v) is 5.54. The Bertz CT molecular complexity index is 469. The Hall–Kier alpha value is -1.65. The third kappa shape index (κ3) is 7.63. The van der Waals surface area contributed by atoms with Crippen molar-refractivity contribution in [2.75, 3.05) is 26.8 Å². The van der Waals surface area contributed by atoms with Crippen LogP contribution in [-0.2, 0) is 16.1 Å². The molecule has 0 unspecified atom stereocenters. The molecule has 0 bridgehead atoms. The molecule has 0 saturated heterocycles. The molecule has 116 valence electrons. The van der Waals surface area contributed by atoms with E-state index < -0.39 is 5.97 Å². The van der Waals surface area contributed by atoms with Crippen molar-refractivity contribution in [1.29, 1.82) is 0 Å². The minimum absolute atomic E-state index is 0.594. The van der Waals surface area contributed by atoms with Crippen LogP contribution in [-0.4, -0.2) is 42.8 Å². The molecule has 0 aliphatic carbocycles. The van der Waals surface area contributed by atoms with E-state index in [9.17, 15) is 4.79 Å². The van der Waals surface area contributed by atoms with E-state index in [1.54, 1.807) is 13.2 Å². The Balaban J connectivity index is 2.73. The van der Waals surface area contributed by atoms with Crippen LogP contribution in [0.2, 0.25) is 0 Å². The first-order valence-corrected chi connectivity index (χ1v) is 7.22. The normalized spacial score (nSPS) is 11.7. The molecular formula is C17H25NO3. The van der Waals surface area contributed by atoms with Crippen LogP contribution in [0, 0.1) is 5.92 Å². The monoisotopic (exact) mass is 291 g/mol. The number of methoxy groups -OCH3 is 1. The Morgan fingerprint density at radius 3 is 2.81 bits per heavy atom. The highest BCUT2D eigenvalue weighted by molar-refractivity contribution is 5.85. The van der Waals surface area contributed by atoms with Crippen LogP contribution in [0.4, 0.5) is 0 Å². The van der Waals surface area contributed by atoms with Crippen molar-refractivity contribution in [3.05, 3.63) is 41.5 Å². The summed E-state index contributed by atoms with van der Waals surface area (Å²) < 4.78 is 5.16. The number of carboxylic acids is 1. The van der Waals surface area contributed by atoms with Gasteiger partial charge in [-0.1, -0.05) is 38.1 Å². The second kappa shape index (κ2) is 9.32. The van der Waals surface area contributed by atoms with Crippen LogP contribution in [0.3, 0.4) is 0 Å². The predicted molar refractivity (Wildman–Crippen MR) is 85.1 cm³/mol. The van der Waals surface area contributed by atoms with E-state index >= 15 is 0 Å². The van der Waals surface area contributed by atoms with Gasteiger partial charge in [0.1, 0.15) is 0 Å². The third-order valence-corrected chi connectivity index (χ3v) is 3.01. The molecular weight excluding hydrogens is 266 g/mol. The Morgan fingerprint density at radius 1 is 1.43 bits per heavy atom. The lowest BCUT2D eigenvalue weighted by Gasteiger charge is -2.24. The maximum Gasteiger partial charge on any atom is 0.328 e. The van der Waals surface area contributed by atoms with Gasteiger partial charge in [0, 0.05) is 32.8 Å². The fraction of sp³-hybridized carbons (Fsp3) is 0.471. The zero-order valence-electron chi connectivity index (χ0n) is 13.1. The molecule has 0 spiro atoms. The zero-order valence-corrected chi connectivity index (χ0v) is 13.1. The van der Waals surface area contributed by atoms with E-state index in [0.717, 1.165) is 31.3 Å². The van der Waals surface area contributed by atoms with E-state index in [1.807, 2.05) is 18.2 Å². The van der Waals surface area contributed by atoms with Crippen LogP contribution >= 0.6 is 0 Å². The lowest BCUT2D eigenvalue weighted by atomic mass is 10.1. The molecule has 0 aromatic heterocycles. The average molecular weight is 291 g/mol. The Labute approximate surface area is 127 Å². The van der Waals surface area contributed by atoms with E-state index in [4.69, 9.17) is 9.84 Å². The minimum atomic E-state index is -0.929. The number of aliphatic carboxylic acids is 1. The molecule has 21 heavy (non-hydrogen) atoms. The van der Waals surface area contributed by atoms with Gasteiger partial charge < -0.3 is 9.84 Å². The molecule has 1 N–H and O–H groups in total. The largest absolute Gasteiger partial charge is 0.478 e. The van der Waals surface area contributed by atoms with Crippen molar-refractivity contribution in [3.63, 3.8) is 0 Å². The van der Waals surface area contributed by atoms with Gasteiger partial charge in [-0.05, 0) is 23.1 Å². The highest BCUT2D eigenvalue weighted by Crippen LogP contribution is 2.11. The number of carbonyl (C=O) groups is 1. The number of hydrogen-bond acceptors (Lipinski definition) is 3. The van der Waals surface area contributed by atoms with Crippen molar-refractivity contribution in [3.8, 4) is 0 Å².